The summed E-state index contributed by atoms with van der Waals surface area (Å²) < 4.78 is 25.0. The maximum absolute atomic E-state index is 12.5. The van der Waals surface area contributed by atoms with E-state index in [4.69, 9.17) is 10.8 Å². The summed E-state index contributed by atoms with van der Waals surface area (Å²) in [5.41, 5.74) is 4.51. The van der Waals surface area contributed by atoms with Gasteiger partial charge in [0.1, 0.15) is 5.75 Å². The Bertz CT molecular complexity index is 331. The molecule has 0 aliphatic carbocycles. The number of alkyl halides is 2. The van der Waals surface area contributed by atoms with Gasteiger partial charge in [-0.05, 0) is 0 Å². The van der Waals surface area contributed by atoms with Gasteiger partial charge in [-0.25, -0.2) is 8.78 Å². The van der Waals surface area contributed by atoms with Crippen LogP contribution in [0.5, 0.6) is 5.75 Å². The molecule has 0 bridgehead atoms. The Labute approximate surface area is 79.0 Å². The zero-order valence-electron chi connectivity index (χ0n) is 7.24. The first kappa shape index (κ1) is 10.8. The van der Waals surface area contributed by atoms with Crippen LogP contribution in [0.1, 0.15) is 23.2 Å². The molecule has 0 aliphatic rings. The van der Waals surface area contributed by atoms with Crippen molar-refractivity contribution in [3.63, 3.8) is 0 Å². The first-order valence-electron chi connectivity index (χ1n) is 3.90. The summed E-state index contributed by atoms with van der Waals surface area (Å²) in [4.78, 5) is 3.49. The summed E-state index contributed by atoms with van der Waals surface area (Å²) in [5, 5.41) is 18.0. The summed E-state index contributed by atoms with van der Waals surface area (Å²) in [7, 11) is 0. The second kappa shape index (κ2) is 4.30. The van der Waals surface area contributed by atoms with Gasteiger partial charge < -0.3 is 15.9 Å². The second-order valence-corrected chi connectivity index (χ2v) is 2.65. The highest BCUT2D eigenvalue weighted by Crippen LogP contribution is 2.30. The summed E-state index contributed by atoms with van der Waals surface area (Å²) in [6.07, 6.45) is -1.81. The molecule has 0 radical (unpaired) electrons. The molecule has 1 aromatic heterocycles. The standard InChI is InChI=1S/C8H10F2N2O2/c9-8(10)7-4(1-11)6(14)2-12-5(7)3-13/h2,8,13-14H,1,3,11H2. The summed E-state index contributed by atoms with van der Waals surface area (Å²) in [5.74, 6) is -0.375. The molecule has 0 amide bonds. The first-order chi connectivity index (χ1) is 6.61. The molecule has 1 heterocycles. The molecule has 4 N–H and O–H groups in total. The lowest BCUT2D eigenvalue weighted by Crippen LogP contribution is -2.08. The van der Waals surface area contributed by atoms with E-state index in [0.29, 0.717) is 0 Å². The van der Waals surface area contributed by atoms with Gasteiger partial charge in [-0.3, -0.25) is 4.98 Å². The van der Waals surface area contributed by atoms with Gasteiger partial charge in [-0.15, -0.1) is 0 Å². The van der Waals surface area contributed by atoms with E-state index < -0.39 is 18.6 Å². The molecule has 0 spiro atoms. The minimum absolute atomic E-state index is 0.0703. The second-order valence-electron chi connectivity index (χ2n) is 2.65. The van der Waals surface area contributed by atoms with Crippen LogP contribution >= 0.6 is 0 Å². The number of aliphatic hydroxyl groups is 1. The molecule has 6 heteroatoms. The van der Waals surface area contributed by atoms with Crippen LogP contribution in [-0.4, -0.2) is 15.2 Å². The number of aromatic hydroxyl groups is 1. The molecule has 1 rings (SSSR count). The highest BCUT2D eigenvalue weighted by Gasteiger charge is 2.20. The van der Waals surface area contributed by atoms with Crippen molar-refractivity contribution < 1.29 is 19.0 Å². The molecule has 0 aromatic carbocycles. The Morgan fingerprint density at radius 1 is 1.50 bits per heavy atom. The van der Waals surface area contributed by atoms with Crippen molar-refractivity contribution in [1.82, 2.24) is 4.98 Å². The van der Waals surface area contributed by atoms with Crippen LogP contribution < -0.4 is 5.73 Å². The van der Waals surface area contributed by atoms with E-state index in [1.165, 1.54) is 0 Å². The number of nitrogens with zero attached hydrogens (tertiary/aromatic N) is 1. The van der Waals surface area contributed by atoms with Gasteiger partial charge in [0.25, 0.3) is 6.43 Å². The largest absolute Gasteiger partial charge is 0.506 e. The van der Waals surface area contributed by atoms with Crippen LogP contribution in [0, 0.1) is 0 Å². The fourth-order valence-electron chi connectivity index (χ4n) is 1.20. The molecule has 0 fully saturated rings. The van der Waals surface area contributed by atoms with Crippen molar-refractivity contribution >= 4 is 0 Å². The number of halogens is 2. The minimum atomic E-state index is -2.81. The van der Waals surface area contributed by atoms with Gasteiger partial charge in [-0.1, -0.05) is 0 Å². The van der Waals surface area contributed by atoms with E-state index >= 15 is 0 Å². The lowest BCUT2D eigenvalue weighted by atomic mass is 10.1. The maximum atomic E-state index is 12.5. The number of hydrogen-bond acceptors (Lipinski definition) is 4. The van der Waals surface area contributed by atoms with Crippen LogP contribution in [0.2, 0.25) is 0 Å². The molecule has 78 valence electrons. The van der Waals surface area contributed by atoms with E-state index in [0.717, 1.165) is 6.20 Å². The van der Waals surface area contributed by atoms with Gasteiger partial charge in [-0.2, -0.15) is 0 Å². The Hall–Kier alpha value is -1.27. The Kier molecular flexibility index (Phi) is 3.32. The average molecular weight is 204 g/mol. The van der Waals surface area contributed by atoms with Gasteiger partial charge in [0.05, 0.1) is 18.5 Å². The molecular weight excluding hydrogens is 194 g/mol. The predicted octanol–water partition coefficient (Wildman–Crippen LogP) is 0.676. The fourth-order valence-corrected chi connectivity index (χ4v) is 1.20. The van der Waals surface area contributed by atoms with Crippen molar-refractivity contribution in [3.8, 4) is 5.75 Å². The van der Waals surface area contributed by atoms with E-state index in [1.807, 2.05) is 0 Å². The monoisotopic (exact) mass is 204 g/mol. The van der Waals surface area contributed by atoms with Gasteiger partial charge in [0.15, 0.2) is 0 Å². The summed E-state index contributed by atoms with van der Waals surface area (Å²) in [6, 6.07) is 0. The van der Waals surface area contributed by atoms with Gasteiger partial charge in [0.2, 0.25) is 0 Å². The third-order valence-electron chi connectivity index (χ3n) is 1.86. The normalized spacial score (nSPS) is 10.9. The van der Waals surface area contributed by atoms with Crippen molar-refractivity contribution in [2.24, 2.45) is 5.73 Å². The van der Waals surface area contributed by atoms with Gasteiger partial charge in [0, 0.05) is 17.7 Å². The number of aliphatic hydroxyl groups excluding tert-OH is 1. The van der Waals surface area contributed by atoms with Crippen LogP contribution in [0.3, 0.4) is 0 Å². The number of pyridine rings is 1. The Morgan fingerprint density at radius 2 is 2.14 bits per heavy atom. The zero-order chi connectivity index (χ0) is 10.7. The van der Waals surface area contributed by atoms with E-state index in [9.17, 15) is 13.9 Å². The van der Waals surface area contributed by atoms with Crippen molar-refractivity contribution in [1.29, 1.82) is 0 Å². The quantitative estimate of drug-likeness (QED) is 0.676. The Morgan fingerprint density at radius 3 is 2.57 bits per heavy atom. The third kappa shape index (κ3) is 1.80. The topological polar surface area (TPSA) is 79.4 Å². The van der Waals surface area contributed by atoms with Crippen molar-refractivity contribution in [3.05, 3.63) is 23.0 Å². The van der Waals surface area contributed by atoms with Crippen LogP contribution in [0.15, 0.2) is 6.20 Å². The highest BCUT2D eigenvalue weighted by atomic mass is 19.3. The number of nitrogens with two attached hydrogens (primary N) is 1. The van der Waals surface area contributed by atoms with Crippen LogP contribution in [0.25, 0.3) is 0 Å². The summed E-state index contributed by atoms with van der Waals surface area (Å²) >= 11 is 0. The van der Waals surface area contributed by atoms with Gasteiger partial charge >= 0.3 is 0 Å². The number of aromatic nitrogens is 1. The molecule has 0 saturated carbocycles. The van der Waals surface area contributed by atoms with E-state index in [2.05, 4.69) is 4.98 Å². The zero-order valence-corrected chi connectivity index (χ0v) is 7.24. The predicted molar refractivity (Wildman–Crippen MR) is 44.7 cm³/mol. The molecular formula is C8H10F2N2O2. The summed E-state index contributed by atoms with van der Waals surface area (Å²) in [6.45, 7) is -0.825. The fraction of sp³-hybridized carbons (Fsp3) is 0.375. The molecule has 1 aromatic rings. The van der Waals surface area contributed by atoms with Crippen molar-refractivity contribution in [2.45, 2.75) is 19.6 Å². The van der Waals surface area contributed by atoms with Crippen LogP contribution in [-0.2, 0) is 13.2 Å². The smallest absolute Gasteiger partial charge is 0.266 e. The van der Waals surface area contributed by atoms with E-state index in [-0.39, 0.29) is 23.6 Å². The molecule has 14 heavy (non-hydrogen) atoms. The van der Waals surface area contributed by atoms with Crippen molar-refractivity contribution in [2.75, 3.05) is 0 Å². The third-order valence-corrected chi connectivity index (χ3v) is 1.86. The molecule has 0 unspecified atom stereocenters. The van der Waals surface area contributed by atoms with E-state index in [1.54, 1.807) is 0 Å². The molecule has 0 atom stereocenters. The first-order valence-corrected chi connectivity index (χ1v) is 3.90. The maximum Gasteiger partial charge on any atom is 0.266 e. The lowest BCUT2D eigenvalue weighted by Gasteiger charge is -2.11. The number of hydrogen-bond donors (Lipinski definition) is 3. The van der Waals surface area contributed by atoms with Crippen LogP contribution in [0.4, 0.5) is 8.78 Å². The minimum Gasteiger partial charge on any atom is -0.506 e. The molecule has 0 saturated heterocycles. The SMILES string of the molecule is NCc1c(O)cnc(CO)c1C(F)F. The highest BCUT2D eigenvalue weighted by molar-refractivity contribution is 5.40. The lowest BCUT2D eigenvalue weighted by molar-refractivity contribution is 0.144. The molecule has 4 nitrogen and oxygen atoms in total. The number of rotatable bonds is 3. The average Bonchev–Trinajstić information content (AvgIpc) is 2.17. The molecule has 0 aliphatic heterocycles. The Balaban J connectivity index is 3.36.